The van der Waals surface area contributed by atoms with Crippen molar-refractivity contribution in [2.45, 2.75) is 13.5 Å². The Morgan fingerprint density at radius 3 is 2.46 bits per heavy atom. The van der Waals surface area contributed by atoms with Gasteiger partial charge >= 0.3 is 0 Å². The summed E-state index contributed by atoms with van der Waals surface area (Å²) in [6.07, 6.45) is 0. The van der Waals surface area contributed by atoms with E-state index >= 15 is 0 Å². The van der Waals surface area contributed by atoms with Gasteiger partial charge in [0.15, 0.2) is 0 Å². The molecule has 0 aliphatic heterocycles. The monoisotopic (exact) mass is 342 g/mol. The van der Waals surface area contributed by atoms with Crippen LogP contribution in [0.4, 0.5) is 11.4 Å². The fraction of sp³-hybridized carbons (Fsp3) is 0.133. The lowest BCUT2D eigenvalue weighted by molar-refractivity contribution is -0.117. The summed E-state index contributed by atoms with van der Waals surface area (Å²) in [5, 5.41) is 21.2. The molecule has 3 rings (SSSR count). The van der Waals surface area contributed by atoms with E-state index in [4.69, 9.17) is 0 Å². The summed E-state index contributed by atoms with van der Waals surface area (Å²) < 4.78 is 0. The highest BCUT2D eigenvalue weighted by atomic mass is 32.1. The topological polar surface area (TPSA) is 102 Å². The number of rotatable bonds is 5. The van der Waals surface area contributed by atoms with E-state index in [1.807, 2.05) is 16.8 Å². The van der Waals surface area contributed by atoms with E-state index in [0.29, 0.717) is 17.2 Å². The van der Waals surface area contributed by atoms with E-state index in [1.54, 1.807) is 35.6 Å². The molecule has 0 bridgehead atoms. The molecule has 2 amide bonds. The van der Waals surface area contributed by atoms with Gasteiger partial charge in [-0.1, -0.05) is 0 Å². The summed E-state index contributed by atoms with van der Waals surface area (Å²) in [4.78, 5) is 24.2. The van der Waals surface area contributed by atoms with E-state index in [1.165, 1.54) is 11.7 Å². The molecule has 122 valence electrons. The Labute approximate surface area is 141 Å². The summed E-state index contributed by atoms with van der Waals surface area (Å²) >= 11 is 1.54. The second kappa shape index (κ2) is 7.01. The average molecular weight is 342 g/mol. The molecule has 9 heteroatoms. The Kier molecular flexibility index (Phi) is 4.62. The van der Waals surface area contributed by atoms with Gasteiger partial charge in [0.1, 0.15) is 6.54 Å². The Hall–Kier alpha value is -3.07. The second-order valence-corrected chi connectivity index (χ2v) is 5.74. The fourth-order valence-electron chi connectivity index (χ4n) is 1.99. The number of nitrogens with one attached hydrogen (secondary N) is 2. The summed E-state index contributed by atoms with van der Waals surface area (Å²) in [5.41, 5.74) is 2.16. The van der Waals surface area contributed by atoms with Gasteiger partial charge in [-0.15, -0.1) is 10.2 Å². The van der Waals surface area contributed by atoms with Gasteiger partial charge in [0, 0.05) is 29.2 Å². The van der Waals surface area contributed by atoms with Crippen LogP contribution in [0, 0.1) is 0 Å². The highest BCUT2D eigenvalue weighted by Gasteiger charge is 2.10. The van der Waals surface area contributed by atoms with Gasteiger partial charge in [-0.05, 0) is 40.9 Å². The highest BCUT2D eigenvalue weighted by molar-refractivity contribution is 7.08. The molecule has 2 aromatic heterocycles. The summed E-state index contributed by atoms with van der Waals surface area (Å²) in [6.45, 7) is 1.40. The van der Waals surface area contributed by atoms with Crippen molar-refractivity contribution in [3.63, 3.8) is 0 Å². The Bertz CT molecular complexity index is 841. The van der Waals surface area contributed by atoms with Crippen molar-refractivity contribution in [1.29, 1.82) is 0 Å². The number of hydrogen-bond acceptors (Lipinski definition) is 6. The molecule has 2 N–H and O–H groups in total. The molecule has 0 radical (unpaired) electrons. The predicted molar refractivity (Wildman–Crippen MR) is 90.5 cm³/mol. The third-order valence-corrected chi connectivity index (χ3v) is 3.69. The molecule has 2 heterocycles. The molecule has 3 aromatic rings. The smallest absolute Gasteiger partial charge is 0.248 e. The van der Waals surface area contributed by atoms with Crippen molar-refractivity contribution in [3.05, 3.63) is 41.1 Å². The molecular weight excluding hydrogens is 328 g/mol. The van der Waals surface area contributed by atoms with Crippen molar-refractivity contribution in [1.82, 2.24) is 20.2 Å². The van der Waals surface area contributed by atoms with Gasteiger partial charge in [-0.2, -0.15) is 16.1 Å². The maximum absolute atomic E-state index is 12.0. The molecular formula is C15H14N6O2S. The number of carbonyl (C=O) groups excluding carboxylic acids is 2. The Morgan fingerprint density at radius 1 is 1.12 bits per heavy atom. The summed E-state index contributed by atoms with van der Waals surface area (Å²) in [7, 11) is 0. The minimum Gasteiger partial charge on any atom is -0.326 e. The van der Waals surface area contributed by atoms with Crippen LogP contribution in [-0.4, -0.2) is 32.0 Å². The normalized spacial score (nSPS) is 10.4. The lowest BCUT2D eigenvalue weighted by atomic mass is 10.2. The first-order valence-electron chi connectivity index (χ1n) is 7.08. The van der Waals surface area contributed by atoms with Gasteiger partial charge in [-0.3, -0.25) is 9.59 Å². The first kappa shape index (κ1) is 15.8. The number of tetrazole rings is 1. The SMILES string of the molecule is CC(=O)Nc1ccc(NC(=O)Cn2nnc(-c3ccsc3)n2)cc1. The van der Waals surface area contributed by atoms with Crippen LogP contribution in [0.1, 0.15) is 6.92 Å². The highest BCUT2D eigenvalue weighted by Crippen LogP contribution is 2.17. The number of nitrogens with zero attached hydrogens (tertiary/aromatic N) is 4. The van der Waals surface area contributed by atoms with Gasteiger partial charge in [0.05, 0.1) is 0 Å². The first-order valence-corrected chi connectivity index (χ1v) is 8.02. The third kappa shape index (κ3) is 4.02. The molecule has 0 aliphatic carbocycles. The largest absolute Gasteiger partial charge is 0.326 e. The van der Waals surface area contributed by atoms with Gasteiger partial charge in [-0.25, -0.2) is 0 Å². The minimum atomic E-state index is -0.267. The lowest BCUT2D eigenvalue weighted by Gasteiger charge is -2.06. The molecule has 0 spiro atoms. The molecule has 1 aromatic carbocycles. The minimum absolute atomic E-state index is 0.0371. The third-order valence-electron chi connectivity index (χ3n) is 3.01. The van der Waals surface area contributed by atoms with E-state index in [0.717, 1.165) is 5.56 Å². The lowest BCUT2D eigenvalue weighted by Crippen LogP contribution is -2.20. The molecule has 0 fully saturated rings. The zero-order valence-electron chi connectivity index (χ0n) is 12.8. The fourth-order valence-corrected chi connectivity index (χ4v) is 2.62. The molecule has 0 saturated carbocycles. The summed E-state index contributed by atoms with van der Waals surface area (Å²) in [5.74, 6) is 0.0747. The molecule has 8 nitrogen and oxygen atoms in total. The van der Waals surface area contributed by atoms with Crippen LogP contribution < -0.4 is 10.6 Å². The standard InChI is InChI=1S/C15H14N6O2S/c1-10(22)16-12-2-4-13(5-3-12)17-14(23)8-21-19-15(18-20-21)11-6-7-24-9-11/h2-7,9H,8H2,1H3,(H,16,22)(H,17,23). The quantitative estimate of drug-likeness (QED) is 0.738. The molecule has 0 atom stereocenters. The van der Waals surface area contributed by atoms with E-state index in [9.17, 15) is 9.59 Å². The maximum Gasteiger partial charge on any atom is 0.248 e. The van der Waals surface area contributed by atoms with Crippen molar-refractivity contribution in [2.75, 3.05) is 10.6 Å². The van der Waals surface area contributed by atoms with Crippen molar-refractivity contribution in [3.8, 4) is 11.4 Å². The number of thiophene rings is 1. The van der Waals surface area contributed by atoms with Crippen LogP contribution in [0.15, 0.2) is 41.1 Å². The number of aromatic nitrogens is 4. The van der Waals surface area contributed by atoms with Crippen molar-refractivity contribution in [2.24, 2.45) is 0 Å². The molecule has 24 heavy (non-hydrogen) atoms. The van der Waals surface area contributed by atoms with Crippen LogP contribution in [0.25, 0.3) is 11.4 Å². The first-order chi connectivity index (χ1) is 11.6. The number of amides is 2. The number of anilines is 2. The second-order valence-electron chi connectivity index (χ2n) is 4.96. The maximum atomic E-state index is 12.0. The van der Waals surface area contributed by atoms with Crippen molar-refractivity contribution >= 4 is 34.5 Å². The number of hydrogen-bond donors (Lipinski definition) is 2. The average Bonchev–Trinajstić information content (AvgIpc) is 3.19. The van der Waals surface area contributed by atoms with E-state index in [2.05, 4.69) is 26.0 Å². The number of carbonyl (C=O) groups is 2. The Morgan fingerprint density at radius 2 is 1.83 bits per heavy atom. The molecule has 0 unspecified atom stereocenters. The van der Waals surface area contributed by atoms with Crippen LogP contribution in [0.2, 0.25) is 0 Å². The van der Waals surface area contributed by atoms with Crippen LogP contribution in [-0.2, 0) is 16.1 Å². The van der Waals surface area contributed by atoms with Crippen molar-refractivity contribution < 1.29 is 9.59 Å². The Balaban J connectivity index is 1.58. The van der Waals surface area contributed by atoms with E-state index in [-0.39, 0.29) is 18.4 Å². The van der Waals surface area contributed by atoms with Gasteiger partial charge < -0.3 is 10.6 Å². The van der Waals surface area contributed by atoms with E-state index < -0.39 is 0 Å². The number of benzene rings is 1. The molecule has 0 saturated heterocycles. The van der Waals surface area contributed by atoms with Crippen LogP contribution in [0.5, 0.6) is 0 Å². The predicted octanol–water partition coefficient (Wildman–Crippen LogP) is 2.00. The van der Waals surface area contributed by atoms with Crippen LogP contribution in [0.3, 0.4) is 0 Å². The molecule has 0 aliphatic rings. The van der Waals surface area contributed by atoms with Gasteiger partial charge in [0.2, 0.25) is 17.6 Å². The zero-order chi connectivity index (χ0) is 16.9. The zero-order valence-corrected chi connectivity index (χ0v) is 13.6. The van der Waals surface area contributed by atoms with Crippen LogP contribution >= 0.6 is 11.3 Å². The van der Waals surface area contributed by atoms with Gasteiger partial charge in [0.25, 0.3) is 0 Å². The summed E-state index contributed by atoms with van der Waals surface area (Å²) in [6, 6.07) is 8.71.